The Kier molecular flexibility index (Phi) is 4.36. The number of benzene rings is 1. The van der Waals surface area contributed by atoms with Crippen molar-refractivity contribution in [2.45, 2.75) is 6.61 Å². The molecule has 0 radical (unpaired) electrons. The van der Waals surface area contributed by atoms with Gasteiger partial charge in [0.25, 0.3) is 0 Å². The molecule has 0 aliphatic rings. The second-order valence-corrected chi connectivity index (χ2v) is 5.17. The summed E-state index contributed by atoms with van der Waals surface area (Å²) >= 11 is 24.0. The highest BCUT2D eigenvalue weighted by atomic mass is 35.5. The van der Waals surface area contributed by atoms with Crippen LogP contribution in [-0.4, -0.2) is 10.1 Å². The van der Waals surface area contributed by atoms with Gasteiger partial charge in [0.1, 0.15) is 5.15 Å². The first-order valence-electron chi connectivity index (χ1n) is 4.93. The van der Waals surface area contributed by atoms with E-state index < -0.39 is 0 Å². The predicted octanol–water partition coefficient (Wildman–Crippen LogP) is 4.85. The Morgan fingerprint density at radius 2 is 1.56 bits per heavy atom. The lowest BCUT2D eigenvalue weighted by Crippen LogP contribution is -1.90. The second kappa shape index (κ2) is 5.64. The number of pyridine rings is 1. The Hall–Kier alpha value is -0.510. The molecule has 0 amide bonds. The minimum absolute atomic E-state index is 0.129. The fraction of sp³-hybridized carbons (Fsp3) is 0.0833. The fourth-order valence-corrected chi connectivity index (χ4v) is 2.35. The molecule has 1 N–H and O–H groups in total. The van der Waals surface area contributed by atoms with Gasteiger partial charge in [-0.05, 0) is 23.8 Å². The first kappa shape index (κ1) is 13.9. The van der Waals surface area contributed by atoms with Crippen LogP contribution in [0.15, 0.2) is 24.4 Å². The van der Waals surface area contributed by atoms with Gasteiger partial charge in [0.15, 0.2) is 0 Å². The molecule has 2 rings (SSSR count). The van der Waals surface area contributed by atoms with Crippen LogP contribution in [0.5, 0.6) is 0 Å². The summed E-state index contributed by atoms with van der Waals surface area (Å²) in [5.74, 6) is 0. The first-order valence-corrected chi connectivity index (χ1v) is 6.44. The normalized spacial score (nSPS) is 10.7. The standard InChI is InChI=1S/C12H7Cl4NO/c13-9-3-11(15)10(14)2-7(9)8-1-6(5-18)4-17-12(8)16/h1-4,18H,5H2. The molecule has 0 bridgehead atoms. The van der Waals surface area contributed by atoms with E-state index in [-0.39, 0.29) is 11.8 Å². The summed E-state index contributed by atoms with van der Waals surface area (Å²) in [6.07, 6.45) is 1.50. The van der Waals surface area contributed by atoms with Gasteiger partial charge < -0.3 is 5.11 Å². The second-order valence-electron chi connectivity index (χ2n) is 3.59. The van der Waals surface area contributed by atoms with Crippen LogP contribution in [0.3, 0.4) is 0 Å². The molecule has 0 spiro atoms. The maximum Gasteiger partial charge on any atom is 0.136 e. The van der Waals surface area contributed by atoms with Gasteiger partial charge in [0, 0.05) is 17.3 Å². The van der Waals surface area contributed by atoms with Crippen molar-refractivity contribution in [2.75, 3.05) is 0 Å². The predicted molar refractivity (Wildman–Crippen MR) is 75.6 cm³/mol. The van der Waals surface area contributed by atoms with Crippen molar-refractivity contribution in [3.8, 4) is 11.1 Å². The van der Waals surface area contributed by atoms with Gasteiger partial charge >= 0.3 is 0 Å². The average Bonchev–Trinajstić information content (AvgIpc) is 2.35. The van der Waals surface area contributed by atoms with Crippen LogP contribution in [0, 0.1) is 0 Å². The minimum atomic E-state index is -0.129. The number of aromatic nitrogens is 1. The van der Waals surface area contributed by atoms with E-state index in [1.165, 1.54) is 6.20 Å². The van der Waals surface area contributed by atoms with Gasteiger partial charge in [-0.25, -0.2) is 4.98 Å². The van der Waals surface area contributed by atoms with Gasteiger partial charge in [0.05, 0.1) is 21.7 Å². The molecule has 1 heterocycles. The Labute approximate surface area is 124 Å². The maximum absolute atomic E-state index is 9.10. The van der Waals surface area contributed by atoms with E-state index >= 15 is 0 Å². The molecule has 0 aliphatic carbocycles. The molecule has 0 fully saturated rings. The highest BCUT2D eigenvalue weighted by molar-refractivity contribution is 6.44. The molecule has 1 aromatic carbocycles. The van der Waals surface area contributed by atoms with E-state index in [0.29, 0.717) is 31.8 Å². The summed E-state index contributed by atoms with van der Waals surface area (Å²) in [5, 5.41) is 10.6. The highest BCUT2D eigenvalue weighted by Crippen LogP contribution is 2.37. The molecule has 2 nitrogen and oxygen atoms in total. The largest absolute Gasteiger partial charge is 0.392 e. The number of hydrogen-bond acceptors (Lipinski definition) is 2. The number of hydrogen-bond donors (Lipinski definition) is 1. The Balaban J connectivity index is 2.64. The third-order valence-corrected chi connectivity index (χ3v) is 3.71. The van der Waals surface area contributed by atoms with Gasteiger partial charge in [0.2, 0.25) is 0 Å². The Morgan fingerprint density at radius 3 is 2.22 bits per heavy atom. The number of rotatable bonds is 2. The smallest absolute Gasteiger partial charge is 0.136 e. The zero-order valence-electron chi connectivity index (χ0n) is 8.92. The topological polar surface area (TPSA) is 33.1 Å². The quantitative estimate of drug-likeness (QED) is 0.633. The van der Waals surface area contributed by atoms with E-state index in [1.54, 1.807) is 18.2 Å². The summed E-state index contributed by atoms with van der Waals surface area (Å²) in [7, 11) is 0. The lowest BCUT2D eigenvalue weighted by atomic mass is 10.1. The Bertz CT molecular complexity index is 601. The summed E-state index contributed by atoms with van der Waals surface area (Å²) in [4.78, 5) is 3.99. The minimum Gasteiger partial charge on any atom is -0.392 e. The zero-order chi connectivity index (χ0) is 13.3. The van der Waals surface area contributed by atoms with Crippen molar-refractivity contribution >= 4 is 46.4 Å². The van der Waals surface area contributed by atoms with E-state index in [4.69, 9.17) is 51.5 Å². The summed E-state index contributed by atoms with van der Waals surface area (Å²) < 4.78 is 0. The van der Waals surface area contributed by atoms with Crippen LogP contribution >= 0.6 is 46.4 Å². The number of halogens is 4. The molecule has 6 heteroatoms. The number of aliphatic hydroxyl groups excluding tert-OH is 1. The summed E-state index contributed by atoms with van der Waals surface area (Å²) in [6.45, 7) is -0.129. The zero-order valence-corrected chi connectivity index (χ0v) is 11.9. The van der Waals surface area contributed by atoms with Crippen LogP contribution in [-0.2, 0) is 6.61 Å². The van der Waals surface area contributed by atoms with Gasteiger partial charge in [-0.15, -0.1) is 0 Å². The monoisotopic (exact) mass is 321 g/mol. The molecule has 0 unspecified atom stereocenters. The van der Waals surface area contributed by atoms with E-state index in [9.17, 15) is 0 Å². The molecule has 0 saturated carbocycles. The van der Waals surface area contributed by atoms with E-state index in [1.807, 2.05) is 0 Å². The van der Waals surface area contributed by atoms with Crippen LogP contribution in [0.1, 0.15) is 5.56 Å². The van der Waals surface area contributed by atoms with Crippen LogP contribution < -0.4 is 0 Å². The van der Waals surface area contributed by atoms with Gasteiger partial charge in [-0.3, -0.25) is 0 Å². The van der Waals surface area contributed by atoms with Crippen molar-refractivity contribution < 1.29 is 5.11 Å². The molecule has 18 heavy (non-hydrogen) atoms. The first-order chi connectivity index (χ1) is 8.52. The Morgan fingerprint density at radius 1 is 0.889 bits per heavy atom. The highest BCUT2D eigenvalue weighted by Gasteiger charge is 2.12. The van der Waals surface area contributed by atoms with Crippen molar-refractivity contribution in [1.82, 2.24) is 4.98 Å². The molecular formula is C12H7Cl4NO. The molecule has 0 aliphatic heterocycles. The lowest BCUT2D eigenvalue weighted by molar-refractivity contribution is 0.281. The lowest BCUT2D eigenvalue weighted by Gasteiger charge is -2.09. The number of aliphatic hydroxyl groups is 1. The van der Waals surface area contributed by atoms with E-state index in [0.717, 1.165) is 0 Å². The number of nitrogens with zero attached hydrogens (tertiary/aromatic N) is 1. The van der Waals surface area contributed by atoms with E-state index in [2.05, 4.69) is 4.98 Å². The van der Waals surface area contributed by atoms with Crippen molar-refractivity contribution in [2.24, 2.45) is 0 Å². The SMILES string of the molecule is OCc1cnc(Cl)c(-c2cc(Cl)c(Cl)cc2Cl)c1. The van der Waals surface area contributed by atoms with Crippen molar-refractivity contribution in [3.05, 3.63) is 50.2 Å². The molecule has 1 aromatic heterocycles. The van der Waals surface area contributed by atoms with Crippen LogP contribution in [0.4, 0.5) is 0 Å². The average molecular weight is 323 g/mol. The summed E-state index contributed by atoms with van der Waals surface area (Å²) in [6, 6.07) is 4.87. The maximum atomic E-state index is 9.10. The molecule has 0 atom stereocenters. The van der Waals surface area contributed by atoms with Crippen LogP contribution in [0.2, 0.25) is 20.2 Å². The van der Waals surface area contributed by atoms with Crippen LogP contribution in [0.25, 0.3) is 11.1 Å². The molecule has 2 aromatic rings. The third kappa shape index (κ3) is 2.73. The van der Waals surface area contributed by atoms with Gasteiger partial charge in [-0.1, -0.05) is 46.4 Å². The fourth-order valence-electron chi connectivity index (χ4n) is 1.50. The summed E-state index contributed by atoms with van der Waals surface area (Å²) in [5.41, 5.74) is 1.86. The van der Waals surface area contributed by atoms with Gasteiger partial charge in [-0.2, -0.15) is 0 Å². The molecular weight excluding hydrogens is 316 g/mol. The molecule has 0 saturated heterocycles. The molecule has 94 valence electrons. The van der Waals surface area contributed by atoms with Crippen molar-refractivity contribution in [1.29, 1.82) is 0 Å². The third-order valence-electron chi connectivity index (χ3n) is 2.38. The van der Waals surface area contributed by atoms with Crippen molar-refractivity contribution in [3.63, 3.8) is 0 Å².